The summed E-state index contributed by atoms with van der Waals surface area (Å²) in [6.45, 7) is 0.297. The zero-order valence-corrected chi connectivity index (χ0v) is 16.2. The molecule has 1 amide bonds. The molecule has 2 aromatic heterocycles. The number of hydrogen-bond acceptors (Lipinski definition) is 3. The molecule has 0 bridgehead atoms. The Hall–Kier alpha value is -2.04. The number of alkyl halides is 3. The fourth-order valence-corrected chi connectivity index (χ4v) is 3.03. The Morgan fingerprint density at radius 2 is 2.04 bits per heavy atom. The number of aromatic amines is 1. The van der Waals surface area contributed by atoms with Crippen LogP contribution in [0.15, 0.2) is 34.9 Å². The first-order valence-corrected chi connectivity index (χ1v) is 8.79. The fourth-order valence-electron chi connectivity index (χ4n) is 2.14. The summed E-state index contributed by atoms with van der Waals surface area (Å²) < 4.78 is 39.7. The highest BCUT2D eigenvalue weighted by Crippen LogP contribution is 2.28. The van der Waals surface area contributed by atoms with E-state index in [1.54, 1.807) is 29.5 Å². The Bertz CT molecular complexity index is 1000. The van der Waals surface area contributed by atoms with E-state index in [-0.39, 0.29) is 5.82 Å². The van der Waals surface area contributed by atoms with Gasteiger partial charge in [0.05, 0.1) is 11.0 Å². The molecule has 0 aliphatic carbocycles. The number of H-pyrrole nitrogens is 1. The number of aromatic nitrogens is 4. The number of nitrogens with one attached hydrogen (secondary N) is 2. The van der Waals surface area contributed by atoms with E-state index in [0.717, 1.165) is 5.56 Å². The van der Waals surface area contributed by atoms with Crippen molar-refractivity contribution in [3.8, 4) is 0 Å². The predicted molar refractivity (Wildman–Crippen MR) is 97.0 cm³/mol. The second-order valence-electron chi connectivity index (χ2n) is 5.38. The zero-order chi connectivity index (χ0) is 19.8. The third-order valence-electron chi connectivity index (χ3n) is 3.41. The minimum Gasteiger partial charge on any atom is -0.303 e. The topological polar surface area (TPSA) is 75.6 Å². The highest BCUT2D eigenvalue weighted by molar-refractivity contribution is 9.10. The molecule has 0 unspecified atom stereocenters. The predicted octanol–water partition coefficient (Wildman–Crippen LogP) is 4.99. The van der Waals surface area contributed by atoms with Crippen molar-refractivity contribution in [1.82, 2.24) is 20.0 Å². The molecule has 12 heteroatoms. The van der Waals surface area contributed by atoms with E-state index in [9.17, 15) is 18.0 Å². The van der Waals surface area contributed by atoms with Crippen molar-refractivity contribution in [2.45, 2.75) is 12.7 Å². The number of carbonyl (C=O) groups excluding carboxylic acids is 1. The molecule has 0 saturated heterocycles. The minimum atomic E-state index is -4.62. The van der Waals surface area contributed by atoms with Crippen LogP contribution in [0.5, 0.6) is 0 Å². The number of anilines is 1. The molecular weight excluding hydrogens is 474 g/mol. The highest BCUT2D eigenvalue weighted by atomic mass is 79.9. The Morgan fingerprint density at radius 1 is 1.30 bits per heavy atom. The van der Waals surface area contributed by atoms with Gasteiger partial charge in [0.25, 0.3) is 5.91 Å². The summed E-state index contributed by atoms with van der Waals surface area (Å²) in [5.74, 6) is -0.709. The second kappa shape index (κ2) is 7.53. The smallest absolute Gasteiger partial charge is 0.303 e. The van der Waals surface area contributed by atoms with Crippen LogP contribution in [-0.2, 0) is 12.7 Å². The van der Waals surface area contributed by atoms with Crippen molar-refractivity contribution in [3.63, 3.8) is 0 Å². The van der Waals surface area contributed by atoms with Crippen molar-refractivity contribution >= 4 is 50.9 Å². The van der Waals surface area contributed by atoms with Gasteiger partial charge < -0.3 is 5.32 Å². The lowest BCUT2D eigenvalue weighted by Gasteiger charge is -2.05. The zero-order valence-electron chi connectivity index (χ0n) is 13.1. The normalized spacial score (nSPS) is 11.6. The molecule has 0 aliphatic rings. The number of benzene rings is 1. The van der Waals surface area contributed by atoms with Crippen molar-refractivity contribution in [2.24, 2.45) is 0 Å². The lowest BCUT2D eigenvalue weighted by atomic mass is 10.2. The summed E-state index contributed by atoms with van der Waals surface area (Å²) in [4.78, 5) is 12.1. The summed E-state index contributed by atoms with van der Waals surface area (Å²) in [6.07, 6.45) is -3.03. The third-order valence-corrected chi connectivity index (χ3v) is 4.58. The van der Waals surface area contributed by atoms with E-state index in [1.165, 1.54) is 4.68 Å². The van der Waals surface area contributed by atoms with Crippen LogP contribution in [0, 0.1) is 0 Å². The van der Waals surface area contributed by atoms with Gasteiger partial charge in [0.1, 0.15) is 5.69 Å². The monoisotopic (exact) mass is 481 g/mol. The van der Waals surface area contributed by atoms with Crippen molar-refractivity contribution in [1.29, 1.82) is 0 Å². The number of amides is 1. The van der Waals surface area contributed by atoms with E-state index in [2.05, 4.69) is 31.4 Å². The van der Waals surface area contributed by atoms with Crippen LogP contribution >= 0.6 is 39.1 Å². The lowest BCUT2D eigenvalue weighted by Crippen LogP contribution is -2.13. The second-order valence-corrected chi connectivity index (χ2v) is 7.08. The van der Waals surface area contributed by atoms with Crippen LogP contribution in [-0.4, -0.2) is 25.9 Å². The van der Waals surface area contributed by atoms with E-state index in [1.807, 2.05) is 0 Å². The number of carbonyl (C=O) groups is 1. The van der Waals surface area contributed by atoms with Gasteiger partial charge in [0.15, 0.2) is 11.5 Å². The SMILES string of the molecule is O=C(Nc1nn(Cc2ccc(Cl)cc2Cl)cc1Br)c1cc(C(F)(F)F)[nH]n1. The quantitative estimate of drug-likeness (QED) is 0.549. The Balaban J connectivity index is 1.74. The molecule has 27 heavy (non-hydrogen) atoms. The number of hydrogen-bond donors (Lipinski definition) is 2. The van der Waals surface area contributed by atoms with Crippen LogP contribution in [0.1, 0.15) is 21.7 Å². The standard InChI is InChI=1S/C15H9BrCl2F3N5O/c16-9-6-26(5-7-1-2-8(17)3-10(7)18)25-13(9)22-14(27)11-4-12(24-23-11)15(19,20)21/h1-4,6H,5H2,(H,23,24)(H,22,25,27). The first-order chi connectivity index (χ1) is 12.6. The first-order valence-electron chi connectivity index (χ1n) is 7.24. The first kappa shape index (κ1) is 19.7. The van der Waals surface area contributed by atoms with Gasteiger partial charge in [-0.3, -0.25) is 14.6 Å². The minimum absolute atomic E-state index is 0.127. The van der Waals surface area contributed by atoms with Crippen LogP contribution in [0.3, 0.4) is 0 Å². The molecule has 2 heterocycles. The van der Waals surface area contributed by atoms with Gasteiger partial charge in [-0.2, -0.15) is 23.4 Å². The van der Waals surface area contributed by atoms with Gasteiger partial charge in [-0.1, -0.05) is 29.3 Å². The molecule has 3 aromatic rings. The van der Waals surface area contributed by atoms with Gasteiger partial charge in [-0.25, -0.2) is 0 Å². The van der Waals surface area contributed by atoms with Crippen molar-refractivity contribution < 1.29 is 18.0 Å². The molecule has 0 radical (unpaired) electrons. The van der Waals surface area contributed by atoms with Crippen molar-refractivity contribution in [3.05, 3.63) is 61.9 Å². The Labute approximate surface area is 168 Å². The molecule has 2 N–H and O–H groups in total. The maximum absolute atomic E-state index is 12.6. The largest absolute Gasteiger partial charge is 0.432 e. The maximum Gasteiger partial charge on any atom is 0.432 e. The molecular formula is C15H9BrCl2F3N5O. The van der Waals surface area contributed by atoms with Gasteiger partial charge in [-0.15, -0.1) is 0 Å². The Morgan fingerprint density at radius 3 is 2.67 bits per heavy atom. The number of halogens is 6. The summed E-state index contributed by atoms with van der Waals surface area (Å²) in [5.41, 5.74) is -0.782. The van der Waals surface area contributed by atoms with E-state index < -0.39 is 23.5 Å². The average molecular weight is 483 g/mol. The molecule has 0 atom stereocenters. The van der Waals surface area contributed by atoms with Gasteiger partial charge in [0.2, 0.25) is 0 Å². The average Bonchev–Trinajstić information content (AvgIpc) is 3.18. The molecule has 6 nitrogen and oxygen atoms in total. The number of nitrogens with zero attached hydrogens (tertiary/aromatic N) is 3. The molecule has 142 valence electrons. The summed E-state index contributed by atoms with van der Waals surface area (Å²) >= 11 is 15.2. The van der Waals surface area contributed by atoms with Crippen molar-refractivity contribution in [2.75, 3.05) is 5.32 Å². The van der Waals surface area contributed by atoms with Crippen LogP contribution < -0.4 is 5.32 Å². The van der Waals surface area contributed by atoms with Gasteiger partial charge >= 0.3 is 6.18 Å². The lowest BCUT2D eigenvalue weighted by molar-refractivity contribution is -0.141. The molecule has 3 rings (SSSR count). The molecule has 0 saturated carbocycles. The van der Waals surface area contributed by atoms with E-state index >= 15 is 0 Å². The maximum atomic E-state index is 12.6. The van der Waals surface area contributed by atoms with E-state index in [0.29, 0.717) is 27.1 Å². The summed E-state index contributed by atoms with van der Waals surface area (Å²) in [7, 11) is 0. The third kappa shape index (κ3) is 4.63. The van der Waals surface area contributed by atoms with Crippen LogP contribution in [0.2, 0.25) is 10.0 Å². The molecule has 0 spiro atoms. The van der Waals surface area contributed by atoms with Gasteiger partial charge in [-0.05, 0) is 33.6 Å². The summed E-state index contributed by atoms with van der Waals surface area (Å²) in [6, 6.07) is 5.63. The fraction of sp³-hybridized carbons (Fsp3) is 0.133. The molecule has 1 aromatic carbocycles. The van der Waals surface area contributed by atoms with Crippen LogP contribution in [0.25, 0.3) is 0 Å². The molecule has 0 fully saturated rings. The number of rotatable bonds is 4. The molecule has 0 aliphatic heterocycles. The van der Waals surface area contributed by atoms with Gasteiger partial charge in [0, 0.05) is 22.3 Å². The van der Waals surface area contributed by atoms with Crippen LogP contribution in [0.4, 0.5) is 19.0 Å². The summed E-state index contributed by atoms with van der Waals surface area (Å²) in [5, 5.41) is 12.7. The Kier molecular flexibility index (Phi) is 5.50. The highest BCUT2D eigenvalue weighted by Gasteiger charge is 2.34. The van der Waals surface area contributed by atoms with E-state index in [4.69, 9.17) is 23.2 Å².